The molecule has 152 valence electrons. The second kappa shape index (κ2) is 11.9. The van der Waals surface area contributed by atoms with Gasteiger partial charge in [-0.05, 0) is 56.4 Å². The molecule has 2 rings (SSSR count). The van der Waals surface area contributed by atoms with E-state index in [2.05, 4.69) is 34.6 Å². The van der Waals surface area contributed by atoms with Gasteiger partial charge in [0.1, 0.15) is 18.1 Å². The van der Waals surface area contributed by atoms with Gasteiger partial charge in [0.15, 0.2) is 5.96 Å². The number of benzene rings is 2. The number of methoxy groups -OCH3 is 1. The molecule has 6 nitrogen and oxygen atoms in total. The zero-order valence-corrected chi connectivity index (χ0v) is 17.4. The Balaban J connectivity index is 1.94. The third-order valence-electron chi connectivity index (χ3n) is 4.06. The summed E-state index contributed by atoms with van der Waals surface area (Å²) >= 11 is 0. The van der Waals surface area contributed by atoms with Gasteiger partial charge in [0.25, 0.3) is 0 Å². The molecule has 28 heavy (non-hydrogen) atoms. The molecule has 0 aromatic heterocycles. The van der Waals surface area contributed by atoms with E-state index in [1.807, 2.05) is 50.5 Å². The van der Waals surface area contributed by atoms with Gasteiger partial charge in [0.2, 0.25) is 0 Å². The minimum absolute atomic E-state index is 0.582. The Bertz CT molecular complexity index is 747. The van der Waals surface area contributed by atoms with E-state index in [1.165, 1.54) is 0 Å². The van der Waals surface area contributed by atoms with Crippen molar-refractivity contribution in [1.82, 2.24) is 15.5 Å². The number of hydrogen-bond donors (Lipinski definition) is 2. The van der Waals surface area contributed by atoms with Gasteiger partial charge in [-0.2, -0.15) is 0 Å². The van der Waals surface area contributed by atoms with Crippen molar-refractivity contribution < 1.29 is 9.47 Å². The van der Waals surface area contributed by atoms with Crippen LogP contribution in [0.25, 0.3) is 0 Å². The Labute approximate surface area is 168 Å². The number of ether oxygens (including phenoxy) is 2. The second-order valence-electron chi connectivity index (χ2n) is 6.70. The molecule has 0 amide bonds. The van der Waals surface area contributed by atoms with E-state index < -0.39 is 0 Å². The third-order valence-corrected chi connectivity index (χ3v) is 4.06. The van der Waals surface area contributed by atoms with Gasteiger partial charge < -0.3 is 25.0 Å². The number of aliphatic imine (C=N–C) groups is 1. The number of rotatable bonds is 10. The summed E-state index contributed by atoms with van der Waals surface area (Å²) in [5.41, 5.74) is 2.25. The van der Waals surface area contributed by atoms with Crippen LogP contribution in [0.15, 0.2) is 53.5 Å². The van der Waals surface area contributed by atoms with E-state index in [9.17, 15) is 0 Å². The molecule has 0 fully saturated rings. The maximum absolute atomic E-state index is 5.81. The van der Waals surface area contributed by atoms with Crippen LogP contribution in [0.4, 0.5) is 0 Å². The molecule has 0 aliphatic heterocycles. The molecule has 6 heteroatoms. The molecule has 0 heterocycles. The molecule has 0 radical (unpaired) electrons. The van der Waals surface area contributed by atoms with Crippen molar-refractivity contribution in [3.05, 3.63) is 59.7 Å². The van der Waals surface area contributed by atoms with Crippen LogP contribution in [0.5, 0.6) is 11.5 Å². The van der Waals surface area contributed by atoms with E-state index in [0.717, 1.165) is 41.7 Å². The Kier molecular flexibility index (Phi) is 9.15. The summed E-state index contributed by atoms with van der Waals surface area (Å²) in [5, 5.41) is 6.65. The van der Waals surface area contributed by atoms with Crippen molar-refractivity contribution in [2.24, 2.45) is 4.99 Å². The number of nitrogens with zero attached hydrogens (tertiary/aromatic N) is 2. The summed E-state index contributed by atoms with van der Waals surface area (Å²) in [7, 11) is 5.75. The number of nitrogens with one attached hydrogen (secondary N) is 2. The van der Waals surface area contributed by atoms with E-state index in [-0.39, 0.29) is 0 Å². The molecule has 0 aliphatic carbocycles. The van der Waals surface area contributed by atoms with Gasteiger partial charge in [0.05, 0.1) is 13.7 Å². The quantitative estimate of drug-likeness (QED) is 0.487. The average molecular weight is 385 g/mol. The lowest BCUT2D eigenvalue weighted by Crippen LogP contribution is -2.36. The molecule has 2 aromatic rings. The minimum Gasteiger partial charge on any atom is -0.497 e. The first-order valence-electron chi connectivity index (χ1n) is 9.62. The van der Waals surface area contributed by atoms with Crippen LogP contribution < -0.4 is 20.1 Å². The van der Waals surface area contributed by atoms with Crippen molar-refractivity contribution in [2.75, 3.05) is 40.9 Å². The van der Waals surface area contributed by atoms with Crippen LogP contribution in [0, 0.1) is 0 Å². The smallest absolute Gasteiger partial charge is 0.191 e. The fourth-order valence-corrected chi connectivity index (χ4v) is 2.56. The van der Waals surface area contributed by atoms with Gasteiger partial charge in [-0.3, -0.25) is 0 Å². The SMILES string of the molecule is CCNC(=NCc1cccc(OCCN(C)C)c1)NCc1cccc(OC)c1. The fraction of sp³-hybridized carbons (Fsp3) is 0.409. The molecular weight excluding hydrogens is 352 g/mol. The summed E-state index contributed by atoms with van der Waals surface area (Å²) in [6, 6.07) is 16.1. The number of guanidine groups is 1. The summed E-state index contributed by atoms with van der Waals surface area (Å²) in [5.74, 6) is 2.51. The topological polar surface area (TPSA) is 58.1 Å². The Morgan fingerprint density at radius 1 is 1.00 bits per heavy atom. The minimum atomic E-state index is 0.582. The van der Waals surface area contributed by atoms with E-state index in [4.69, 9.17) is 14.5 Å². The average Bonchev–Trinajstić information content (AvgIpc) is 2.70. The van der Waals surface area contributed by atoms with Crippen LogP contribution in [-0.4, -0.2) is 51.8 Å². The Morgan fingerprint density at radius 2 is 1.71 bits per heavy atom. The van der Waals surface area contributed by atoms with Gasteiger partial charge in [-0.1, -0.05) is 24.3 Å². The van der Waals surface area contributed by atoms with Crippen LogP contribution in [0.3, 0.4) is 0 Å². The van der Waals surface area contributed by atoms with Crippen molar-refractivity contribution >= 4 is 5.96 Å². The van der Waals surface area contributed by atoms with E-state index in [0.29, 0.717) is 19.7 Å². The van der Waals surface area contributed by atoms with Crippen LogP contribution in [0.1, 0.15) is 18.1 Å². The highest BCUT2D eigenvalue weighted by Crippen LogP contribution is 2.14. The van der Waals surface area contributed by atoms with Crippen molar-refractivity contribution in [2.45, 2.75) is 20.0 Å². The molecule has 0 saturated heterocycles. The first-order chi connectivity index (χ1) is 13.6. The van der Waals surface area contributed by atoms with Gasteiger partial charge in [-0.15, -0.1) is 0 Å². The maximum atomic E-state index is 5.81. The summed E-state index contributed by atoms with van der Waals surface area (Å²) in [6.07, 6.45) is 0. The first-order valence-corrected chi connectivity index (χ1v) is 9.62. The molecule has 0 unspecified atom stereocenters. The second-order valence-corrected chi connectivity index (χ2v) is 6.70. The molecule has 2 aromatic carbocycles. The number of hydrogen-bond acceptors (Lipinski definition) is 4. The molecule has 0 bridgehead atoms. The molecule has 0 saturated carbocycles. The Morgan fingerprint density at radius 3 is 2.43 bits per heavy atom. The van der Waals surface area contributed by atoms with Crippen LogP contribution in [-0.2, 0) is 13.1 Å². The monoisotopic (exact) mass is 384 g/mol. The van der Waals surface area contributed by atoms with Crippen molar-refractivity contribution in [3.8, 4) is 11.5 Å². The maximum Gasteiger partial charge on any atom is 0.191 e. The predicted molar refractivity (Wildman–Crippen MR) is 115 cm³/mol. The highest BCUT2D eigenvalue weighted by molar-refractivity contribution is 5.79. The highest BCUT2D eigenvalue weighted by Gasteiger charge is 2.02. The van der Waals surface area contributed by atoms with Crippen molar-refractivity contribution in [3.63, 3.8) is 0 Å². The third kappa shape index (κ3) is 7.88. The summed E-state index contributed by atoms with van der Waals surface area (Å²) in [6.45, 7) is 5.68. The largest absolute Gasteiger partial charge is 0.497 e. The zero-order valence-electron chi connectivity index (χ0n) is 17.4. The number of likely N-dealkylation sites (N-methyl/N-ethyl adjacent to an activating group) is 1. The van der Waals surface area contributed by atoms with Gasteiger partial charge >= 0.3 is 0 Å². The molecule has 2 N–H and O–H groups in total. The predicted octanol–water partition coefficient (Wildman–Crippen LogP) is 2.89. The van der Waals surface area contributed by atoms with E-state index >= 15 is 0 Å². The lowest BCUT2D eigenvalue weighted by Gasteiger charge is -2.13. The first kappa shape index (κ1) is 21.6. The van der Waals surface area contributed by atoms with E-state index in [1.54, 1.807) is 7.11 Å². The molecule has 0 spiro atoms. The van der Waals surface area contributed by atoms with Gasteiger partial charge in [-0.25, -0.2) is 4.99 Å². The molecule has 0 atom stereocenters. The van der Waals surface area contributed by atoms with Crippen LogP contribution in [0.2, 0.25) is 0 Å². The summed E-state index contributed by atoms with van der Waals surface area (Å²) in [4.78, 5) is 6.79. The lowest BCUT2D eigenvalue weighted by atomic mass is 10.2. The fourth-order valence-electron chi connectivity index (χ4n) is 2.56. The summed E-state index contributed by atoms with van der Waals surface area (Å²) < 4.78 is 11.1. The van der Waals surface area contributed by atoms with Crippen molar-refractivity contribution in [1.29, 1.82) is 0 Å². The van der Waals surface area contributed by atoms with Gasteiger partial charge in [0, 0.05) is 19.6 Å². The normalized spacial score (nSPS) is 11.4. The standard InChI is InChI=1S/C22H32N4O2/c1-5-23-22(24-16-18-8-6-10-20(14-18)27-4)25-17-19-9-7-11-21(15-19)28-13-12-26(2)3/h6-11,14-15H,5,12-13,16-17H2,1-4H3,(H2,23,24,25). The zero-order chi connectivity index (χ0) is 20.2. The Hall–Kier alpha value is -2.73. The lowest BCUT2D eigenvalue weighted by molar-refractivity contribution is 0.261. The molecule has 0 aliphatic rings. The van der Waals surface area contributed by atoms with Crippen LogP contribution >= 0.6 is 0 Å². The molecular formula is C22H32N4O2. The highest BCUT2D eigenvalue weighted by atomic mass is 16.5.